The Morgan fingerprint density at radius 2 is 1.67 bits per heavy atom. The third kappa shape index (κ3) is 2.40. The molecule has 0 bridgehead atoms. The highest BCUT2D eigenvalue weighted by molar-refractivity contribution is 9.10. The number of fused-ring (bicyclic) bond motifs is 1. The lowest BCUT2D eigenvalue weighted by Crippen LogP contribution is -2.07. The monoisotopic (exact) mass is 363 g/mol. The molecule has 3 nitrogen and oxygen atoms in total. The van der Waals surface area contributed by atoms with E-state index < -0.39 is 9.84 Å². The smallest absolute Gasteiger partial charge is 0.222 e. The molecule has 0 atom stereocenters. The van der Waals surface area contributed by atoms with E-state index in [0.717, 1.165) is 20.9 Å². The maximum absolute atomic E-state index is 12.8. The second kappa shape index (κ2) is 5.00. The summed E-state index contributed by atoms with van der Waals surface area (Å²) in [5.41, 5.74) is 1.93. The van der Waals surface area contributed by atoms with Gasteiger partial charge in [-0.25, -0.2) is 8.42 Å². The summed E-state index contributed by atoms with van der Waals surface area (Å²) in [6, 6.07) is 14.4. The fourth-order valence-corrected chi connectivity index (χ4v) is 4.25. The molecule has 3 aromatic rings. The van der Waals surface area contributed by atoms with E-state index in [4.69, 9.17) is 0 Å². The SMILES string of the molecule is Cc1ccc(S(=O)(=O)c2cc3cc(Br)ccc3n2C)cc1. The highest BCUT2D eigenvalue weighted by atomic mass is 79.9. The van der Waals surface area contributed by atoms with Gasteiger partial charge in [-0.2, -0.15) is 0 Å². The molecule has 0 unspecified atom stereocenters. The molecule has 108 valence electrons. The van der Waals surface area contributed by atoms with Crippen LogP contribution in [-0.4, -0.2) is 13.0 Å². The van der Waals surface area contributed by atoms with Crippen molar-refractivity contribution >= 4 is 36.7 Å². The largest absolute Gasteiger partial charge is 0.334 e. The number of nitrogens with zero attached hydrogens (tertiary/aromatic N) is 1. The molecule has 0 spiro atoms. The lowest BCUT2D eigenvalue weighted by Gasteiger charge is -2.06. The molecule has 5 heteroatoms. The zero-order valence-electron chi connectivity index (χ0n) is 11.7. The van der Waals surface area contributed by atoms with Gasteiger partial charge in [-0.15, -0.1) is 0 Å². The van der Waals surface area contributed by atoms with Gasteiger partial charge in [0, 0.05) is 22.4 Å². The van der Waals surface area contributed by atoms with E-state index >= 15 is 0 Å². The molecule has 0 saturated heterocycles. The molecule has 0 aliphatic carbocycles. The van der Waals surface area contributed by atoms with Crippen LogP contribution >= 0.6 is 15.9 Å². The molecule has 0 N–H and O–H groups in total. The maximum atomic E-state index is 12.8. The van der Waals surface area contributed by atoms with Gasteiger partial charge in [-0.1, -0.05) is 33.6 Å². The topological polar surface area (TPSA) is 39.1 Å². The lowest BCUT2D eigenvalue weighted by molar-refractivity contribution is 0.587. The minimum absolute atomic E-state index is 0.305. The van der Waals surface area contributed by atoms with Gasteiger partial charge in [0.15, 0.2) is 0 Å². The van der Waals surface area contributed by atoms with Gasteiger partial charge in [0.2, 0.25) is 9.84 Å². The minimum atomic E-state index is -3.51. The first-order chi connectivity index (χ1) is 9.89. The van der Waals surface area contributed by atoms with Gasteiger partial charge in [0.05, 0.1) is 4.90 Å². The second-order valence-electron chi connectivity index (χ2n) is 5.06. The van der Waals surface area contributed by atoms with E-state index in [1.807, 2.05) is 37.3 Å². The molecular weight excluding hydrogens is 350 g/mol. The van der Waals surface area contributed by atoms with Gasteiger partial charge in [-0.3, -0.25) is 0 Å². The standard InChI is InChI=1S/C16H14BrNO2S/c1-11-3-6-14(7-4-11)21(19,20)16-10-12-9-13(17)5-8-15(12)18(16)2/h3-10H,1-2H3. The van der Waals surface area contributed by atoms with Gasteiger partial charge in [0.25, 0.3) is 0 Å². The van der Waals surface area contributed by atoms with E-state index in [1.165, 1.54) is 0 Å². The Morgan fingerprint density at radius 1 is 1.00 bits per heavy atom. The quantitative estimate of drug-likeness (QED) is 0.687. The molecule has 0 aliphatic rings. The van der Waals surface area contributed by atoms with Crippen molar-refractivity contribution in [3.8, 4) is 0 Å². The summed E-state index contributed by atoms with van der Waals surface area (Å²) in [5.74, 6) is 0. The summed E-state index contributed by atoms with van der Waals surface area (Å²) < 4.78 is 28.2. The molecule has 0 radical (unpaired) electrons. The van der Waals surface area contributed by atoms with Crippen LogP contribution < -0.4 is 0 Å². The lowest BCUT2D eigenvalue weighted by atomic mass is 10.2. The predicted octanol–water partition coefficient (Wildman–Crippen LogP) is 4.08. The number of hydrogen-bond acceptors (Lipinski definition) is 2. The zero-order chi connectivity index (χ0) is 15.2. The Balaban J connectivity index is 2.23. The van der Waals surface area contributed by atoms with Crippen molar-refractivity contribution in [2.24, 2.45) is 7.05 Å². The van der Waals surface area contributed by atoms with Crippen molar-refractivity contribution in [3.05, 3.63) is 58.6 Å². The van der Waals surface area contributed by atoms with E-state index in [2.05, 4.69) is 15.9 Å². The van der Waals surface area contributed by atoms with Crippen LogP contribution in [0.15, 0.2) is 62.9 Å². The maximum Gasteiger partial charge on any atom is 0.222 e. The zero-order valence-corrected chi connectivity index (χ0v) is 14.1. The number of aryl methyl sites for hydroxylation is 2. The van der Waals surface area contributed by atoms with Crippen molar-refractivity contribution in [1.82, 2.24) is 4.57 Å². The first-order valence-corrected chi connectivity index (χ1v) is 8.74. The Bertz CT molecular complexity index is 925. The van der Waals surface area contributed by atoms with Crippen molar-refractivity contribution < 1.29 is 8.42 Å². The van der Waals surface area contributed by atoms with Crippen LogP contribution in [0.2, 0.25) is 0 Å². The molecule has 2 aromatic carbocycles. The molecule has 0 saturated carbocycles. The van der Waals surface area contributed by atoms with Crippen LogP contribution in [0.25, 0.3) is 10.9 Å². The summed E-state index contributed by atoms with van der Waals surface area (Å²) >= 11 is 3.41. The number of rotatable bonds is 2. The van der Waals surface area contributed by atoms with E-state index in [-0.39, 0.29) is 0 Å². The average molecular weight is 364 g/mol. The van der Waals surface area contributed by atoms with Crippen molar-refractivity contribution in [1.29, 1.82) is 0 Å². The van der Waals surface area contributed by atoms with Crippen LogP contribution in [0.4, 0.5) is 0 Å². The minimum Gasteiger partial charge on any atom is -0.334 e. The van der Waals surface area contributed by atoms with Gasteiger partial charge < -0.3 is 4.57 Å². The number of aromatic nitrogens is 1. The van der Waals surface area contributed by atoms with Crippen molar-refractivity contribution in [2.45, 2.75) is 16.8 Å². The molecule has 0 aliphatic heterocycles. The van der Waals surface area contributed by atoms with Crippen LogP contribution in [0.3, 0.4) is 0 Å². The first-order valence-electron chi connectivity index (χ1n) is 6.46. The summed E-state index contributed by atoms with van der Waals surface area (Å²) in [5, 5.41) is 1.21. The molecule has 21 heavy (non-hydrogen) atoms. The van der Waals surface area contributed by atoms with Crippen molar-refractivity contribution in [2.75, 3.05) is 0 Å². The molecule has 1 aromatic heterocycles. The molecule has 0 amide bonds. The van der Waals surface area contributed by atoms with E-state index in [9.17, 15) is 8.42 Å². The Morgan fingerprint density at radius 3 is 2.33 bits per heavy atom. The summed E-state index contributed by atoms with van der Waals surface area (Å²) in [6.07, 6.45) is 0. The Kier molecular flexibility index (Phi) is 3.42. The van der Waals surface area contributed by atoms with Crippen LogP contribution in [0, 0.1) is 6.92 Å². The van der Waals surface area contributed by atoms with Crippen LogP contribution in [-0.2, 0) is 16.9 Å². The average Bonchev–Trinajstić information content (AvgIpc) is 2.76. The van der Waals surface area contributed by atoms with E-state index in [0.29, 0.717) is 9.92 Å². The van der Waals surface area contributed by atoms with Gasteiger partial charge in [0.1, 0.15) is 5.03 Å². The fourth-order valence-electron chi connectivity index (χ4n) is 2.39. The Labute approximate surface area is 132 Å². The molecule has 1 heterocycles. The van der Waals surface area contributed by atoms with Crippen LogP contribution in [0.1, 0.15) is 5.56 Å². The number of sulfone groups is 1. The molecule has 3 rings (SSSR count). The molecule has 0 fully saturated rings. The summed E-state index contributed by atoms with van der Waals surface area (Å²) in [4.78, 5) is 0.318. The Hall–Kier alpha value is -1.59. The second-order valence-corrected chi connectivity index (χ2v) is 7.87. The third-order valence-electron chi connectivity index (χ3n) is 3.57. The number of halogens is 1. The predicted molar refractivity (Wildman–Crippen MR) is 87.2 cm³/mol. The first kappa shape index (κ1) is 14.4. The van der Waals surface area contributed by atoms with E-state index in [1.54, 1.807) is 29.8 Å². The van der Waals surface area contributed by atoms with Gasteiger partial charge >= 0.3 is 0 Å². The van der Waals surface area contributed by atoms with Crippen molar-refractivity contribution in [3.63, 3.8) is 0 Å². The number of hydrogen-bond donors (Lipinski definition) is 0. The molecular formula is C16H14BrNO2S. The highest BCUT2D eigenvalue weighted by Gasteiger charge is 2.22. The normalized spacial score (nSPS) is 12.0. The number of benzene rings is 2. The summed E-state index contributed by atoms with van der Waals surface area (Å²) in [6.45, 7) is 1.94. The third-order valence-corrected chi connectivity index (χ3v) is 5.90. The fraction of sp³-hybridized carbons (Fsp3) is 0.125. The summed E-state index contributed by atoms with van der Waals surface area (Å²) in [7, 11) is -1.74. The van der Waals surface area contributed by atoms with Gasteiger partial charge in [-0.05, 0) is 43.3 Å². The highest BCUT2D eigenvalue weighted by Crippen LogP contribution is 2.29. The van der Waals surface area contributed by atoms with Crippen LogP contribution in [0.5, 0.6) is 0 Å².